The summed E-state index contributed by atoms with van der Waals surface area (Å²) in [7, 11) is -1.15. The number of ether oxygens (including phenoxy) is 6. The molecule has 4 unspecified atom stereocenters. The summed E-state index contributed by atoms with van der Waals surface area (Å²) in [6, 6.07) is 0. The Bertz CT molecular complexity index is 1450. The third-order valence-corrected chi connectivity index (χ3v) is 12.8. The molecule has 0 fully saturated rings. The second-order valence-electron chi connectivity index (χ2n) is 19.0. The van der Waals surface area contributed by atoms with Gasteiger partial charge in [0.2, 0.25) is 0 Å². The van der Waals surface area contributed by atoms with Crippen LogP contribution in [0.4, 0.5) is 70.2 Å². The van der Waals surface area contributed by atoms with Crippen molar-refractivity contribution in [2.24, 2.45) is 16.9 Å². The minimum atomic E-state index is -5.96. The molecule has 0 saturated carbocycles. The van der Waals surface area contributed by atoms with E-state index in [-0.39, 0.29) is 60.8 Å². The molecule has 6 N–H and O–H groups in total. The topological polar surface area (TPSA) is 148 Å². The number of hydrogen-bond donors (Lipinski definition) is 6. The van der Waals surface area contributed by atoms with Gasteiger partial charge in [0, 0.05) is 0 Å². The average Bonchev–Trinajstić information content (AvgIpc) is 3.08. The lowest BCUT2D eigenvalue weighted by molar-refractivity contribution is -0.418. The summed E-state index contributed by atoms with van der Waals surface area (Å²) in [5, 5.41) is 17.7. The maximum absolute atomic E-state index is 15.9. The Morgan fingerprint density at radius 1 is 0.500 bits per heavy atom. The number of thiol groups is 2. The molecule has 28 heteroatoms. The average molecular weight is 1050 g/mol. The maximum atomic E-state index is 15.9. The van der Waals surface area contributed by atoms with Crippen LogP contribution in [-0.2, 0) is 28.4 Å². The second kappa shape index (κ2) is 21.9. The highest BCUT2D eigenvalue weighted by atomic mass is 32.2. The van der Waals surface area contributed by atoms with E-state index in [9.17, 15) is 35.1 Å². The zero-order valence-electron chi connectivity index (χ0n) is 39.1. The van der Waals surface area contributed by atoms with Gasteiger partial charge in [-0.25, -0.2) is 0 Å². The van der Waals surface area contributed by atoms with Gasteiger partial charge in [-0.1, -0.05) is 0 Å². The molecule has 402 valence electrons. The molecule has 0 rings (SSSR count). The Labute approximate surface area is 380 Å². The summed E-state index contributed by atoms with van der Waals surface area (Å²) in [5.41, 5.74) is -7.94. The van der Waals surface area contributed by atoms with Crippen LogP contribution in [0.2, 0.25) is 0 Å². The van der Waals surface area contributed by atoms with Gasteiger partial charge in [-0.15, -0.1) is 0 Å². The smallest absolute Gasteiger partial charge is 0.371 e. The molecule has 0 heterocycles. The van der Waals surface area contributed by atoms with Crippen molar-refractivity contribution in [2.75, 3.05) is 63.0 Å². The van der Waals surface area contributed by atoms with Crippen LogP contribution in [0.15, 0.2) is 0 Å². The second-order valence-corrected chi connectivity index (χ2v) is 24.2. The van der Waals surface area contributed by atoms with Gasteiger partial charge in [-0.05, 0) is 125 Å². The molecule has 0 amide bonds. The van der Waals surface area contributed by atoms with Crippen molar-refractivity contribution in [3.05, 3.63) is 0 Å². The predicted molar refractivity (Wildman–Crippen MR) is 219 cm³/mol. The first kappa shape index (κ1) is 65.2. The minimum absolute atomic E-state index is 0.0570. The summed E-state index contributed by atoms with van der Waals surface area (Å²) in [5.74, 6) is -21.6. The Morgan fingerprint density at radius 2 is 0.879 bits per heavy atom. The highest BCUT2D eigenvalue weighted by Crippen LogP contribution is 2.50. The van der Waals surface area contributed by atoms with E-state index in [2.05, 4.69) is 9.47 Å². The lowest BCUT2D eigenvalue weighted by atomic mass is 9.89. The van der Waals surface area contributed by atoms with Gasteiger partial charge >= 0.3 is 48.1 Å². The lowest BCUT2D eigenvalue weighted by Crippen LogP contribution is -2.67. The van der Waals surface area contributed by atoms with E-state index in [0.717, 1.165) is 20.8 Å². The fourth-order valence-electron chi connectivity index (χ4n) is 5.58. The summed E-state index contributed by atoms with van der Waals surface area (Å²) in [6.07, 6.45) is -19.3. The SMILES string of the molecule is CC(OCC(COC(C)(C)C(F)(F)C(O)(F)F)(COC(C)(C)C(F)(F)C(F)(F)OC(C)(N)CCC[SH](C)C)COC(C)(N)C(F)(F)C(F)(F)OC(C)(C)CCC[SH](C)C)C(F)(F)C(O)(F)F. The molecule has 10 nitrogen and oxygen atoms in total. The number of rotatable bonds is 32. The van der Waals surface area contributed by atoms with Crippen LogP contribution in [-0.4, -0.2) is 156 Å². The van der Waals surface area contributed by atoms with E-state index in [0.29, 0.717) is 11.5 Å². The zero-order valence-corrected chi connectivity index (χ0v) is 40.9. The Balaban J connectivity index is 7.68. The third kappa shape index (κ3) is 16.6. The Morgan fingerprint density at radius 3 is 1.27 bits per heavy atom. The molecule has 0 spiro atoms. The molecular weight excluding hydrogens is 981 g/mol. The van der Waals surface area contributed by atoms with E-state index in [1.165, 1.54) is 0 Å². The molecule has 0 aliphatic rings. The standard InChI is InChI=1S/C38H68F16N2O8S2/c1-24(31(39,40)35(47,48)57)59-20-30(21-60-26(4,5)32(41,42)36(49,50)58,22-61-27(6,7)33(43,44)37(51,52)64-28(8,55)17-15-19-66(12)13)23-62-29(9,56)34(45,46)38(53,54)63-25(2,3)16-14-18-65(10)11/h24,57-58,65-66H,14-23,55-56H2,1-13H3. The molecule has 0 aromatic carbocycles. The summed E-state index contributed by atoms with van der Waals surface area (Å²) >= 11 is 0. The minimum Gasteiger partial charge on any atom is -0.371 e. The zero-order chi connectivity index (χ0) is 53.0. The van der Waals surface area contributed by atoms with Crippen LogP contribution in [0.5, 0.6) is 0 Å². The lowest BCUT2D eigenvalue weighted by Gasteiger charge is -2.46. The third-order valence-electron chi connectivity index (χ3n) is 10.4. The van der Waals surface area contributed by atoms with Crippen LogP contribution < -0.4 is 11.5 Å². The summed E-state index contributed by atoms with van der Waals surface area (Å²) < 4.78 is 267. The van der Waals surface area contributed by atoms with Crippen molar-refractivity contribution in [3.63, 3.8) is 0 Å². The Kier molecular flexibility index (Phi) is 21.6. The quantitative estimate of drug-likeness (QED) is 0.0219. The number of halogens is 16. The molecule has 4 atom stereocenters. The molecule has 0 aliphatic heterocycles. The normalized spacial score (nSPS) is 18.7. The van der Waals surface area contributed by atoms with E-state index in [1.54, 1.807) is 0 Å². The van der Waals surface area contributed by atoms with Gasteiger partial charge in [-0.3, -0.25) is 32.3 Å². The largest absolute Gasteiger partial charge is 0.424 e. The van der Waals surface area contributed by atoms with Crippen LogP contribution in [0.3, 0.4) is 0 Å². The van der Waals surface area contributed by atoms with Crippen LogP contribution >= 0.6 is 21.8 Å². The van der Waals surface area contributed by atoms with E-state index in [1.807, 2.05) is 25.0 Å². The molecule has 0 saturated heterocycles. The number of aliphatic hydroxyl groups is 2. The first-order chi connectivity index (χ1) is 28.7. The molecular formula is C38H68F16N2O8S2. The highest BCUT2D eigenvalue weighted by molar-refractivity contribution is 8.16. The first-order valence-corrected chi connectivity index (χ1v) is 24.9. The van der Waals surface area contributed by atoms with Crippen molar-refractivity contribution in [2.45, 2.75) is 170 Å². The van der Waals surface area contributed by atoms with Gasteiger partial charge in [0.1, 0.15) is 23.0 Å². The molecule has 0 bridgehead atoms. The van der Waals surface area contributed by atoms with Crippen molar-refractivity contribution < 1.29 is 109 Å². The number of alkyl halides is 16. The fourth-order valence-corrected chi connectivity index (χ4v) is 7.16. The van der Waals surface area contributed by atoms with Crippen molar-refractivity contribution in [3.8, 4) is 0 Å². The fraction of sp³-hybridized carbons (Fsp3) is 1.00. The molecule has 0 aromatic rings. The predicted octanol–water partition coefficient (Wildman–Crippen LogP) is 9.13. The van der Waals surface area contributed by atoms with E-state index < -0.39 is 143 Å². The van der Waals surface area contributed by atoms with E-state index in [4.69, 9.17) is 40.6 Å². The maximum Gasteiger partial charge on any atom is 0.424 e. The Hall–Kier alpha value is -0.820. The van der Waals surface area contributed by atoms with Crippen LogP contribution in [0, 0.1) is 5.41 Å². The molecule has 0 aromatic heterocycles. The van der Waals surface area contributed by atoms with Crippen LogP contribution in [0.1, 0.15) is 88.0 Å². The molecule has 0 aliphatic carbocycles. The van der Waals surface area contributed by atoms with Gasteiger partial charge in [0.05, 0.1) is 37.4 Å². The monoisotopic (exact) mass is 1050 g/mol. The number of hydrogen-bond acceptors (Lipinski definition) is 10. The van der Waals surface area contributed by atoms with Gasteiger partial charge < -0.3 is 39.6 Å². The first-order valence-electron chi connectivity index (χ1n) is 20.0. The van der Waals surface area contributed by atoms with Crippen molar-refractivity contribution in [1.29, 1.82) is 0 Å². The number of nitrogens with two attached hydrogens (primary N) is 2. The molecule has 0 radical (unpaired) electrons. The van der Waals surface area contributed by atoms with Crippen LogP contribution in [0.25, 0.3) is 0 Å². The van der Waals surface area contributed by atoms with Crippen molar-refractivity contribution >= 4 is 21.8 Å². The molecule has 66 heavy (non-hydrogen) atoms. The van der Waals surface area contributed by atoms with E-state index >= 15 is 35.1 Å². The summed E-state index contributed by atoms with van der Waals surface area (Å²) in [6.45, 7) is -4.12. The van der Waals surface area contributed by atoms with Gasteiger partial charge in [0.25, 0.3) is 0 Å². The van der Waals surface area contributed by atoms with Crippen molar-refractivity contribution in [1.82, 2.24) is 0 Å². The van der Waals surface area contributed by atoms with Gasteiger partial charge in [-0.2, -0.15) is 70.2 Å². The highest BCUT2D eigenvalue weighted by Gasteiger charge is 2.72. The van der Waals surface area contributed by atoms with Gasteiger partial charge in [0.15, 0.2) is 5.72 Å². The summed E-state index contributed by atoms with van der Waals surface area (Å²) in [4.78, 5) is 0.